The van der Waals surface area contributed by atoms with Crippen LogP contribution in [0.25, 0.3) is 0 Å². The van der Waals surface area contributed by atoms with Gasteiger partial charge in [-0.25, -0.2) is 0 Å². The molecule has 2 rings (SSSR count). The maximum absolute atomic E-state index is 12.2. The van der Waals surface area contributed by atoms with E-state index in [9.17, 15) is 9.59 Å². The van der Waals surface area contributed by atoms with Crippen molar-refractivity contribution in [3.8, 4) is 0 Å². The van der Waals surface area contributed by atoms with Crippen LogP contribution in [0.5, 0.6) is 0 Å². The predicted molar refractivity (Wildman–Crippen MR) is 109 cm³/mol. The first-order chi connectivity index (χ1) is 13.2. The van der Waals surface area contributed by atoms with Crippen molar-refractivity contribution in [2.24, 2.45) is 17.8 Å². The van der Waals surface area contributed by atoms with Crippen LogP contribution in [-0.4, -0.2) is 56.6 Å². The summed E-state index contributed by atoms with van der Waals surface area (Å²) in [6.45, 7) is 10.3. The summed E-state index contributed by atoms with van der Waals surface area (Å²) in [6.07, 6.45) is 9.60. The number of carbonyl (C=O) groups excluding carboxylic acids is 2. The van der Waals surface area contributed by atoms with E-state index in [1.807, 2.05) is 11.8 Å². The highest BCUT2D eigenvalue weighted by Gasteiger charge is 2.31. The fraction of sp³-hybridized carbons (Fsp3) is 0.909. The van der Waals surface area contributed by atoms with Crippen molar-refractivity contribution in [3.05, 3.63) is 0 Å². The number of piperidine rings is 1. The fourth-order valence-corrected chi connectivity index (χ4v) is 4.05. The summed E-state index contributed by atoms with van der Waals surface area (Å²) in [5.41, 5.74) is 0. The van der Waals surface area contributed by atoms with Crippen molar-refractivity contribution in [2.75, 3.05) is 39.5 Å². The Morgan fingerprint density at radius 3 is 2.00 bits per heavy atom. The second-order valence-corrected chi connectivity index (χ2v) is 7.80. The molecular weight excluding hydrogens is 342 g/mol. The largest absolute Gasteiger partial charge is 0.379 e. The number of hydrogen-bond acceptors (Lipinski definition) is 4. The second kappa shape index (κ2) is 15.0. The average molecular weight is 384 g/mol. The highest BCUT2D eigenvalue weighted by Crippen LogP contribution is 2.37. The van der Waals surface area contributed by atoms with E-state index in [2.05, 4.69) is 13.8 Å². The van der Waals surface area contributed by atoms with E-state index in [4.69, 9.17) is 9.47 Å². The summed E-state index contributed by atoms with van der Waals surface area (Å²) in [6, 6.07) is 0. The van der Waals surface area contributed by atoms with Gasteiger partial charge in [0.1, 0.15) is 6.29 Å². The number of aldehydes is 1. The Morgan fingerprint density at radius 2 is 1.44 bits per heavy atom. The highest BCUT2D eigenvalue weighted by atomic mass is 16.5. The molecule has 1 amide bonds. The lowest BCUT2D eigenvalue weighted by Crippen LogP contribution is -2.41. The van der Waals surface area contributed by atoms with Crippen LogP contribution in [0.4, 0.5) is 0 Å². The Labute approximate surface area is 166 Å². The number of amides is 1. The molecule has 0 spiro atoms. The minimum absolute atomic E-state index is 0.217. The van der Waals surface area contributed by atoms with Crippen LogP contribution < -0.4 is 0 Å². The average Bonchev–Trinajstić information content (AvgIpc) is 2.71. The number of carbonyl (C=O) groups is 2. The van der Waals surface area contributed by atoms with Gasteiger partial charge in [0.2, 0.25) is 5.91 Å². The number of nitrogens with zero attached hydrogens (tertiary/aromatic N) is 1. The Hall–Kier alpha value is -0.940. The zero-order chi connectivity index (χ0) is 19.9. The maximum Gasteiger partial charge on any atom is 0.224 e. The molecule has 5 nitrogen and oxygen atoms in total. The molecule has 0 aromatic carbocycles. The Morgan fingerprint density at radius 1 is 0.889 bits per heavy atom. The lowest BCUT2D eigenvalue weighted by Gasteiger charge is -2.38. The lowest BCUT2D eigenvalue weighted by atomic mass is 9.73. The van der Waals surface area contributed by atoms with E-state index in [1.54, 1.807) is 0 Å². The minimum Gasteiger partial charge on any atom is -0.379 e. The number of likely N-dealkylation sites (tertiary alicyclic amines) is 1. The number of rotatable bonds is 9. The summed E-state index contributed by atoms with van der Waals surface area (Å²) in [7, 11) is 0. The predicted octanol–water partition coefficient (Wildman–Crippen LogP) is 4.09. The van der Waals surface area contributed by atoms with Crippen LogP contribution in [0.2, 0.25) is 0 Å². The molecule has 0 unspecified atom stereocenters. The molecule has 0 aromatic rings. The zero-order valence-electron chi connectivity index (χ0n) is 17.8. The third-order valence-electron chi connectivity index (χ3n) is 5.60. The van der Waals surface area contributed by atoms with Crippen molar-refractivity contribution < 1.29 is 19.1 Å². The smallest absolute Gasteiger partial charge is 0.224 e. The van der Waals surface area contributed by atoms with Gasteiger partial charge >= 0.3 is 0 Å². The summed E-state index contributed by atoms with van der Waals surface area (Å²) in [5, 5.41) is 0. The third-order valence-corrected chi connectivity index (χ3v) is 5.60. The number of hydrogen-bond donors (Lipinski definition) is 0. The van der Waals surface area contributed by atoms with E-state index in [0.29, 0.717) is 38.8 Å². The molecule has 0 bridgehead atoms. The van der Waals surface area contributed by atoms with Gasteiger partial charge in [-0.15, -0.1) is 0 Å². The molecule has 1 saturated heterocycles. The van der Waals surface area contributed by atoms with Crippen LogP contribution in [0.1, 0.15) is 72.1 Å². The molecule has 0 aromatic heterocycles. The van der Waals surface area contributed by atoms with Crippen LogP contribution in [0.3, 0.4) is 0 Å². The van der Waals surface area contributed by atoms with Crippen molar-refractivity contribution in [1.29, 1.82) is 0 Å². The standard InChI is InChI=1S/C19H33NO4.C3H8/c1-2-23-13-14-24-12-9-19(22)20-10-7-18(8-11-20)17-5-3-16(15-21)4-6-17;1-3-2/h15-18H,2-14H2,1H3;3H2,1-2H3. The fourth-order valence-electron chi connectivity index (χ4n) is 4.05. The van der Waals surface area contributed by atoms with Crippen molar-refractivity contribution in [3.63, 3.8) is 0 Å². The minimum atomic E-state index is 0.217. The number of ether oxygens (including phenoxy) is 2. The monoisotopic (exact) mass is 383 g/mol. The third kappa shape index (κ3) is 9.70. The van der Waals surface area contributed by atoms with Gasteiger partial charge in [0.05, 0.1) is 26.2 Å². The molecule has 27 heavy (non-hydrogen) atoms. The van der Waals surface area contributed by atoms with Crippen molar-refractivity contribution >= 4 is 12.2 Å². The SMILES string of the molecule is CCC.CCOCCOCCC(=O)N1CCC(C2CCC(C=O)CC2)CC1. The Balaban J connectivity index is 0.00000114. The van der Waals surface area contributed by atoms with Gasteiger partial charge in [-0.1, -0.05) is 20.3 Å². The summed E-state index contributed by atoms with van der Waals surface area (Å²) in [4.78, 5) is 25.1. The normalized spacial score (nSPS) is 23.4. The topological polar surface area (TPSA) is 55.8 Å². The van der Waals surface area contributed by atoms with Gasteiger partial charge < -0.3 is 19.2 Å². The summed E-state index contributed by atoms with van der Waals surface area (Å²) >= 11 is 0. The molecule has 0 radical (unpaired) electrons. The molecule has 158 valence electrons. The van der Waals surface area contributed by atoms with Gasteiger partial charge in [0.25, 0.3) is 0 Å². The van der Waals surface area contributed by atoms with Crippen LogP contribution in [0.15, 0.2) is 0 Å². The van der Waals surface area contributed by atoms with E-state index in [-0.39, 0.29) is 5.91 Å². The molecule has 1 aliphatic carbocycles. The van der Waals surface area contributed by atoms with E-state index in [0.717, 1.165) is 56.9 Å². The van der Waals surface area contributed by atoms with Gasteiger partial charge in [-0.2, -0.15) is 0 Å². The Kier molecular flexibility index (Phi) is 13.4. The van der Waals surface area contributed by atoms with Gasteiger partial charge in [0.15, 0.2) is 0 Å². The van der Waals surface area contributed by atoms with Crippen LogP contribution in [0, 0.1) is 17.8 Å². The van der Waals surface area contributed by atoms with Gasteiger partial charge in [-0.05, 0) is 57.3 Å². The Bertz CT molecular complexity index is 386. The highest BCUT2D eigenvalue weighted by molar-refractivity contribution is 5.76. The molecule has 1 saturated carbocycles. The summed E-state index contributed by atoms with van der Waals surface area (Å²) in [5.74, 6) is 2.02. The molecule has 5 heteroatoms. The molecule has 2 fully saturated rings. The molecule has 1 heterocycles. The van der Waals surface area contributed by atoms with E-state index in [1.165, 1.54) is 19.3 Å². The first-order valence-electron chi connectivity index (χ1n) is 11.0. The van der Waals surface area contributed by atoms with Gasteiger partial charge in [0, 0.05) is 25.6 Å². The molecule has 0 N–H and O–H groups in total. The van der Waals surface area contributed by atoms with Gasteiger partial charge in [-0.3, -0.25) is 4.79 Å². The van der Waals surface area contributed by atoms with E-state index < -0.39 is 0 Å². The molecule has 0 atom stereocenters. The van der Waals surface area contributed by atoms with Crippen molar-refractivity contribution in [1.82, 2.24) is 4.90 Å². The van der Waals surface area contributed by atoms with Crippen LogP contribution >= 0.6 is 0 Å². The lowest BCUT2D eigenvalue weighted by molar-refractivity contribution is -0.134. The van der Waals surface area contributed by atoms with Crippen molar-refractivity contribution in [2.45, 2.75) is 72.1 Å². The zero-order valence-corrected chi connectivity index (χ0v) is 17.8. The molecular formula is C22H41NO4. The van der Waals surface area contributed by atoms with Crippen LogP contribution in [-0.2, 0) is 19.1 Å². The molecule has 1 aliphatic heterocycles. The first-order valence-corrected chi connectivity index (χ1v) is 11.0. The first kappa shape index (κ1) is 24.1. The summed E-state index contributed by atoms with van der Waals surface area (Å²) < 4.78 is 10.6. The second-order valence-electron chi connectivity index (χ2n) is 7.80. The van der Waals surface area contributed by atoms with E-state index >= 15 is 0 Å². The quantitative estimate of drug-likeness (QED) is 0.444. The maximum atomic E-state index is 12.2. The molecule has 2 aliphatic rings.